The van der Waals surface area contributed by atoms with Crippen LogP contribution < -0.4 is 10.6 Å². The molecule has 100 valence electrons. The number of nitrogens with two attached hydrogens (primary N) is 1. The van der Waals surface area contributed by atoms with Crippen LogP contribution in [-0.2, 0) is 4.79 Å². The van der Waals surface area contributed by atoms with E-state index >= 15 is 0 Å². The smallest absolute Gasteiger partial charge is 0.244 e. The molecule has 1 amide bonds. The van der Waals surface area contributed by atoms with Crippen molar-refractivity contribution in [2.24, 2.45) is 11.1 Å². The number of hydrogen-bond donors (Lipinski definition) is 2. The zero-order valence-electron chi connectivity index (χ0n) is 11.5. The summed E-state index contributed by atoms with van der Waals surface area (Å²) in [5, 5.41) is 9.47. The summed E-state index contributed by atoms with van der Waals surface area (Å²) < 4.78 is 0. The molecule has 0 aromatic heterocycles. The Kier molecular flexibility index (Phi) is 4.35. The summed E-state index contributed by atoms with van der Waals surface area (Å²) in [6, 6.07) is 6.07. The number of phenolic OH excluding ortho intramolecular Hbond substituents is 1. The predicted octanol–water partition coefficient (Wildman–Crippen LogP) is 2.12. The Hall–Kier alpha value is -1.55. The van der Waals surface area contributed by atoms with Gasteiger partial charge in [0.15, 0.2) is 0 Å². The van der Waals surface area contributed by atoms with Crippen molar-refractivity contribution in [2.75, 3.05) is 11.4 Å². The Bertz CT molecular complexity index is 424. The van der Waals surface area contributed by atoms with Gasteiger partial charge in [0.1, 0.15) is 5.75 Å². The third-order valence-electron chi connectivity index (χ3n) is 2.92. The van der Waals surface area contributed by atoms with E-state index in [1.807, 2.05) is 27.7 Å². The second-order valence-electron chi connectivity index (χ2n) is 5.45. The summed E-state index contributed by atoms with van der Waals surface area (Å²) in [4.78, 5) is 13.9. The Labute approximate surface area is 108 Å². The number of hydrogen-bond acceptors (Lipinski definition) is 3. The van der Waals surface area contributed by atoms with E-state index in [1.54, 1.807) is 29.2 Å². The van der Waals surface area contributed by atoms with Gasteiger partial charge in [-0.05, 0) is 24.5 Å². The average Bonchev–Trinajstić information content (AvgIpc) is 2.27. The highest BCUT2D eigenvalue weighted by Crippen LogP contribution is 2.24. The Morgan fingerprint density at radius 1 is 1.44 bits per heavy atom. The fourth-order valence-corrected chi connectivity index (χ4v) is 1.66. The van der Waals surface area contributed by atoms with Crippen molar-refractivity contribution < 1.29 is 9.90 Å². The molecule has 1 aromatic carbocycles. The van der Waals surface area contributed by atoms with Crippen molar-refractivity contribution in [3.05, 3.63) is 24.3 Å². The molecule has 0 aliphatic carbocycles. The van der Waals surface area contributed by atoms with Crippen molar-refractivity contribution in [3.63, 3.8) is 0 Å². The molecule has 0 bridgehead atoms. The summed E-state index contributed by atoms with van der Waals surface area (Å²) >= 11 is 0. The molecule has 0 aliphatic heterocycles. The van der Waals surface area contributed by atoms with Gasteiger partial charge in [-0.25, -0.2) is 0 Å². The SMILES string of the molecule is CCN(C(=O)[C@@H](N)C(C)(C)C)c1cccc(O)c1. The van der Waals surface area contributed by atoms with Crippen LogP contribution >= 0.6 is 0 Å². The maximum Gasteiger partial charge on any atom is 0.244 e. The molecule has 1 aromatic rings. The number of carbonyl (C=O) groups is 1. The van der Waals surface area contributed by atoms with Crippen molar-refractivity contribution >= 4 is 11.6 Å². The quantitative estimate of drug-likeness (QED) is 0.863. The molecular formula is C14H22N2O2. The van der Waals surface area contributed by atoms with Crippen molar-refractivity contribution in [1.29, 1.82) is 0 Å². The first kappa shape index (κ1) is 14.5. The van der Waals surface area contributed by atoms with Crippen LogP contribution in [-0.4, -0.2) is 23.6 Å². The van der Waals surface area contributed by atoms with E-state index in [-0.39, 0.29) is 17.1 Å². The number of nitrogens with zero attached hydrogens (tertiary/aromatic N) is 1. The molecule has 0 radical (unpaired) electrons. The minimum Gasteiger partial charge on any atom is -0.508 e. The molecular weight excluding hydrogens is 228 g/mol. The lowest BCUT2D eigenvalue weighted by Crippen LogP contribution is -2.50. The van der Waals surface area contributed by atoms with Crippen LogP contribution in [0, 0.1) is 5.41 Å². The number of likely N-dealkylation sites (N-methyl/N-ethyl adjacent to an activating group) is 1. The normalized spacial score (nSPS) is 13.2. The second-order valence-corrected chi connectivity index (χ2v) is 5.45. The van der Waals surface area contributed by atoms with Crippen LogP contribution in [0.3, 0.4) is 0 Å². The lowest BCUT2D eigenvalue weighted by Gasteiger charge is -2.31. The molecule has 0 heterocycles. The van der Waals surface area contributed by atoms with Gasteiger partial charge in [-0.1, -0.05) is 26.8 Å². The second kappa shape index (κ2) is 5.40. The largest absolute Gasteiger partial charge is 0.508 e. The van der Waals surface area contributed by atoms with Crippen molar-refractivity contribution in [2.45, 2.75) is 33.7 Å². The van der Waals surface area contributed by atoms with Gasteiger partial charge in [0, 0.05) is 18.3 Å². The molecule has 0 spiro atoms. The highest BCUT2D eigenvalue weighted by molar-refractivity contribution is 5.97. The first-order chi connectivity index (χ1) is 8.27. The fourth-order valence-electron chi connectivity index (χ4n) is 1.66. The van der Waals surface area contributed by atoms with Crippen LogP contribution in [0.4, 0.5) is 5.69 Å². The fraction of sp³-hybridized carbons (Fsp3) is 0.500. The number of anilines is 1. The van der Waals surface area contributed by atoms with Crippen LogP contribution in [0.2, 0.25) is 0 Å². The number of carbonyl (C=O) groups excluding carboxylic acids is 1. The molecule has 4 nitrogen and oxygen atoms in total. The summed E-state index contributed by atoms with van der Waals surface area (Å²) in [5.41, 5.74) is 6.37. The molecule has 0 saturated carbocycles. The number of phenols is 1. The third-order valence-corrected chi connectivity index (χ3v) is 2.92. The number of aromatic hydroxyl groups is 1. The third kappa shape index (κ3) is 3.23. The number of amides is 1. The Morgan fingerprint density at radius 3 is 2.50 bits per heavy atom. The monoisotopic (exact) mass is 250 g/mol. The number of rotatable bonds is 3. The maximum atomic E-state index is 12.4. The van der Waals surface area contributed by atoms with Gasteiger partial charge in [0.05, 0.1) is 6.04 Å². The summed E-state index contributed by atoms with van der Waals surface area (Å²) in [7, 11) is 0. The van der Waals surface area contributed by atoms with Gasteiger partial charge in [0.2, 0.25) is 5.91 Å². The number of benzene rings is 1. The van der Waals surface area contributed by atoms with E-state index in [0.29, 0.717) is 12.2 Å². The Balaban J connectivity index is 3.01. The van der Waals surface area contributed by atoms with Gasteiger partial charge >= 0.3 is 0 Å². The summed E-state index contributed by atoms with van der Waals surface area (Å²) in [5.74, 6) is 0.0127. The molecule has 1 atom stereocenters. The molecule has 18 heavy (non-hydrogen) atoms. The molecule has 0 saturated heterocycles. The van der Waals surface area contributed by atoms with Gasteiger partial charge in [-0.2, -0.15) is 0 Å². The first-order valence-electron chi connectivity index (χ1n) is 6.13. The van der Waals surface area contributed by atoms with Crippen LogP contribution in [0.15, 0.2) is 24.3 Å². The molecule has 0 fully saturated rings. The molecule has 3 N–H and O–H groups in total. The molecule has 0 unspecified atom stereocenters. The van der Waals surface area contributed by atoms with Crippen molar-refractivity contribution in [1.82, 2.24) is 0 Å². The van der Waals surface area contributed by atoms with Crippen LogP contribution in [0.1, 0.15) is 27.7 Å². The van der Waals surface area contributed by atoms with E-state index in [1.165, 1.54) is 0 Å². The standard InChI is InChI=1S/C14H22N2O2/c1-5-16(10-7-6-8-11(17)9-10)13(18)12(15)14(2,3)4/h6-9,12,17H,5,15H2,1-4H3/t12-/m1/s1. The highest BCUT2D eigenvalue weighted by atomic mass is 16.3. The van der Waals surface area contributed by atoms with Gasteiger partial charge in [-0.15, -0.1) is 0 Å². The highest BCUT2D eigenvalue weighted by Gasteiger charge is 2.31. The molecule has 1 rings (SSSR count). The van der Waals surface area contributed by atoms with E-state index in [0.717, 1.165) is 0 Å². The van der Waals surface area contributed by atoms with Crippen LogP contribution in [0.25, 0.3) is 0 Å². The van der Waals surface area contributed by atoms with E-state index in [2.05, 4.69) is 0 Å². The zero-order chi connectivity index (χ0) is 13.9. The molecule has 0 aliphatic rings. The van der Waals surface area contributed by atoms with Crippen molar-refractivity contribution in [3.8, 4) is 5.75 Å². The first-order valence-corrected chi connectivity index (χ1v) is 6.13. The minimum absolute atomic E-state index is 0.129. The van der Waals surface area contributed by atoms with Gasteiger partial charge in [-0.3, -0.25) is 4.79 Å². The van der Waals surface area contributed by atoms with E-state index < -0.39 is 6.04 Å². The zero-order valence-corrected chi connectivity index (χ0v) is 11.5. The summed E-state index contributed by atoms with van der Waals surface area (Å²) in [6.07, 6.45) is 0. The lowest BCUT2D eigenvalue weighted by atomic mass is 9.86. The average molecular weight is 250 g/mol. The molecule has 4 heteroatoms. The maximum absolute atomic E-state index is 12.4. The van der Waals surface area contributed by atoms with E-state index in [9.17, 15) is 9.90 Å². The predicted molar refractivity (Wildman–Crippen MR) is 73.6 cm³/mol. The topological polar surface area (TPSA) is 66.6 Å². The summed E-state index contributed by atoms with van der Waals surface area (Å²) in [6.45, 7) is 8.22. The van der Waals surface area contributed by atoms with Crippen LogP contribution in [0.5, 0.6) is 5.75 Å². The minimum atomic E-state index is -0.570. The Morgan fingerprint density at radius 2 is 2.06 bits per heavy atom. The van der Waals surface area contributed by atoms with Gasteiger partial charge < -0.3 is 15.7 Å². The van der Waals surface area contributed by atoms with Gasteiger partial charge in [0.25, 0.3) is 0 Å². The lowest BCUT2D eigenvalue weighted by molar-refractivity contribution is -0.121. The van der Waals surface area contributed by atoms with E-state index in [4.69, 9.17) is 5.73 Å².